The van der Waals surface area contributed by atoms with Crippen molar-refractivity contribution in [3.63, 3.8) is 0 Å². The topological polar surface area (TPSA) is 75.3 Å². The lowest BCUT2D eigenvalue weighted by Gasteiger charge is -2.16. The second-order valence-corrected chi connectivity index (χ2v) is 7.81. The summed E-state index contributed by atoms with van der Waals surface area (Å²) in [7, 11) is -3.63. The second kappa shape index (κ2) is 7.80. The zero-order chi connectivity index (χ0) is 18.6. The van der Waals surface area contributed by atoms with Crippen molar-refractivity contribution in [3.05, 3.63) is 64.2 Å². The standard InChI is InChI=1S/C19H24N2O3S/c1-13-12-14(2)16(4)18(15(13)3)25(23,24)21-11-10-20-19(22)17-8-6-5-7-9-17/h5-9,12,21H,10-11H2,1-4H3,(H,20,22). The van der Waals surface area contributed by atoms with Gasteiger partial charge in [-0.15, -0.1) is 0 Å². The number of sulfonamides is 1. The predicted molar refractivity (Wildman–Crippen MR) is 99.4 cm³/mol. The van der Waals surface area contributed by atoms with E-state index in [1.165, 1.54) is 0 Å². The highest BCUT2D eigenvalue weighted by Crippen LogP contribution is 2.25. The van der Waals surface area contributed by atoms with Crippen LogP contribution in [0, 0.1) is 27.7 Å². The number of aryl methyl sites for hydroxylation is 2. The number of rotatable bonds is 6. The Kier molecular flexibility index (Phi) is 5.98. The molecule has 2 N–H and O–H groups in total. The first-order valence-electron chi connectivity index (χ1n) is 8.14. The van der Waals surface area contributed by atoms with Crippen LogP contribution < -0.4 is 10.0 Å². The van der Waals surface area contributed by atoms with E-state index in [1.807, 2.05) is 39.8 Å². The number of carbonyl (C=O) groups is 1. The molecule has 25 heavy (non-hydrogen) atoms. The Morgan fingerprint density at radius 1 is 0.920 bits per heavy atom. The molecule has 0 spiro atoms. The molecule has 0 aliphatic heterocycles. The van der Waals surface area contributed by atoms with Crippen molar-refractivity contribution in [3.8, 4) is 0 Å². The van der Waals surface area contributed by atoms with Crippen LogP contribution in [0.25, 0.3) is 0 Å². The van der Waals surface area contributed by atoms with Gasteiger partial charge >= 0.3 is 0 Å². The molecule has 2 aromatic carbocycles. The summed E-state index contributed by atoms with van der Waals surface area (Å²) in [5.41, 5.74) is 3.95. The van der Waals surface area contributed by atoms with Crippen molar-refractivity contribution in [2.24, 2.45) is 0 Å². The Hall–Kier alpha value is -2.18. The molecule has 2 aromatic rings. The van der Waals surface area contributed by atoms with Gasteiger partial charge in [-0.2, -0.15) is 0 Å². The molecular formula is C19H24N2O3S. The average Bonchev–Trinajstić information content (AvgIpc) is 2.57. The van der Waals surface area contributed by atoms with Gasteiger partial charge in [0.05, 0.1) is 4.90 Å². The van der Waals surface area contributed by atoms with E-state index in [9.17, 15) is 13.2 Å². The van der Waals surface area contributed by atoms with E-state index in [4.69, 9.17) is 0 Å². The van der Waals surface area contributed by atoms with Gasteiger partial charge in [0.2, 0.25) is 10.0 Å². The van der Waals surface area contributed by atoms with Crippen LogP contribution in [0.1, 0.15) is 32.6 Å². The molecule has 0 heterocycles. The van der Waals surface area contributed by atoms with Crippen LogP contribution in [0.3, 0.4) is 0 Å². The maximum absolute atomic E-state index is 12.7. The van der Waals surface area contributed by atoms with Crippen molar-refractivity contribution in [2.75, 3.05) is 13.1 Å². The molecule has 0 bridgehead atoms. The third-order valence-electron chi connectivity index (χ3n) is 4.30. The number of benzene rings is 2. The monoisotopic (exact) mass is 360 g/mol. The summed E-state index contributed by atoms with van der Waals surface area (Å²) in [6.07, 6.45) is 0. The molecule has 0 saturated carbocycles. The van der Waals surface area contributed by atoms with Gasteiger partial charge < -0.3 is 5.32 Å². The van der Waals surface area contributed by atoms with Crippen LogP contribution >= 0.6 is 0 Å². The van der Waals surface area contributed by atoms with E-state index in [1.54, 1.807) is 24.3 Å². The van der Waals surface area contributed by atoms with Crippen molar-refractivity contribution in [2.45, 2.75) is 32.6 Å². The average molecular weight is 360 g/mol. The fourth-order valence-electron chi connectivity index (χ4n) is 2.71. The molecule has 0 atom stereocenters. The predicted octanol–water partition coefficient (Wildman–Crippen LogP) is 2.63. The second-order valence-electron chi connectivity index (χ2n) is 6.11. The van der Waals surface area contributed by atoms with Gasteiger partial charge in [-0.1, -0.05) is 24.3 Å². The van der Waals surface area contributed by atoms with Gasteiger partial charge in [0.15, 0.2) is 0 Å². The highest BCUT2D eigenvalue weighted by atomic mass is 32.2. The number of nitrogens with one attached hydrogen (secondary N) is 2. The van der Waals surface area contributed by atoms with Gasteiger partial charge in [0.25, 0.3) is 5.91 Å². The molecule has 0 saturated heterocycles. The third-order valence-corrected chi connectivity index (χ3v) is 6.04. The smallest absolute Gasteiger partial charge is 0.251 e. The number of hydrogen-bond acceptors (Lipinski definition) is 3. The molecule has 2 rings (SSSR count). The van der Waals surface area contributed by atoms with E-state index >= 15 is 0 Å². The quantitative estimate of drug-likeness (QED) is 0.778. The Morgan fingerprint density at radius 3 is 2.04 bits per heavy atom. The summed E-state index contributed by atoms with van der Waals surface area (Å²) < 4.78 is 27.9. The minimum atomic E-state index is -3.63. The molecular weight excluding hydrogens is 336 g/mol. The summed E-state index contributed by atoms with van der Waals surface area (Å²) in [6.45, 7) is 7.78. The molecule has 0 unspecified atom stereocenters. The van der Waals surface area contributed by atoms with Gasteiger partial charge in [-0.05, 0) is 62.1 Å². The Balaban J connectivity index is 2.03. The molecule has 5 nitrogen and oxygen atoms in total. The lowest BCUT2D eigenvalue weighted by atomic mass is 10.0. The van der Waals surface area contributed by atoms with Gasteiger partial charge in [0, 0.05) is 18.7 Å². The van der Waals surface area contributed by atoms with Gasteiger partial charge in [0.1, 0.15) is 0 Å². The van der Waals surface area contributed by atoms with E-state index in [2.05, 4.69) is 10.0 Å². The molecule has 0 fully saturated rings. The van der Waals surface area contributed by atoms with E-state index in [-0.39, 0.29) is 19.0 Å². The summed E-state index contributed by atoms with van der Waals surface area (Å²) in [6, 6.07) is 10.8. The summed E-state index contributed by atoms with van der Waals surface area (Å²) >= 11 is 0. The summed E-state index contributed by atoms with van der Waals surface area (Å²) in [5.74, 6) is -0.224. The Morgan fingerprint density at radius 2 is 1.48 bits per heavy atom. The fourth-order valence-corrected chi connectivity index (χ4v) is 4.35. The molecule has 134 valence electrons. The van der Waals surface area contributed by atoms with Crippen LogP contribution in [0.15, 0.2) is 41.3 Å². The van der Waals surface area contributed by atoms with Crippen LogP contribution in [-0.2, 0) is 10.0 Å². The minimum absolute atomic E-state index is 0.132. The lowest BCUT2D eigenvalue weighted by Crippen LogP contribution is -2.35. The van der Waals surface area contributed by atoms with Crippen molar-refractivity contribution in [1.29, 1.82) is 0 Å². The highest BCUT2D eigenvalue weighted by Gasteiger charge is 2.21. The van der Waals surface area contributed by atoms with Crippen molar-refractivity contribution in [1.82, 2.24) is 10.0 Å². The Labute approximate surface area is 149 Å². The first-order valence-corrected chi connectivity index (χ1v) is 9.62. The highest BCUT2D eigenvalue weighted by molar-refractivity contribution is 7.89. The van der Waals surface area contributed by atoms with E-state index < -0.39 is 10.0 Å². The molecule has 0 aromatic heterocycles. The van der Waals surface area contributed by atoms with Crippen LogP contribution in [0.5, 0.6) is 0 Å². The number of amides is 1. The zero-order valence-corrected chi connectivity index (χ0v) is 15.8. The van der Waals surface area contributed by atoms with Gasteiger partial charge in [-0.3, -0.25) is 4.79 Å². The number of carbonyl (C=O) groups excluding carboxylic acids is 1. The minimum Gasteiger partial charge on any atom is -0.351 e. The van der Waals surface area contributed by atoms with Crippen LogP contribution in [0.2, 0.25) is 0 Å². The van der Waals surface area contributed by atoms with Crippen LogP contribution in [-0.4, -0.2) is 27.4 Å². The Bertz CT molecular complexity index is 849. The van der Waals surface area contributed by atoms with Crippen LogP contribution in [0.4, 0.5) is 0 Å². The SMILES string of the molecule is Cc1cc(C)c(C)c(S(=O)(=O)NCCNC(=O)c2ccccc2)c1C. The fraction of sp³-hybridized carbons (Fsp3) is 0.316. The van der Waals surface area contributed by atoms with E-state index in [0.717, 1.165) is 22.3 Å². The lowest BCUT2D eigenvalue weighted by molar-refractivity contribution is 0.0954. The first-order chi connectivity index (χ1) is 11.7. The van der Waals surface area contributed by atoms with Crippen molar-refractivity contribution < 1.29 is 13.2 Å². The maximum Gasteiger partial charge on any atom is 0.251 e. The molecule has 1 amide bonds. The molecule has 6 heteroatoms. The number of hydrogen-bond donors (Lipinski definition) is 2. The van der Waals surface area contributed by atoms with Crippen molar-refractivity contribution >= 4 is 15.9 Å². The van der Waals surface area contributed by atoms with Gasteiger partial charge in [-0.25, -0.2) is 13.1 Å². The summed E-state index contributed by atoms with van der Waals surface area (Å²) in [5, 5.41) is 2.71. The summed E-state index contributed by atoms with van der Waals surface area (Å²) in [4.78, 5) is 12.3. The first kappa shape index (κ1) is 19.1. The maximum atomic E-state index is 12.7. The largest absolute Gasteiger partial charge is 0.351 e. The normalized spacial score (nSPS) is 11.4. The zero-order valence-electron chi connectivity index (χ0n) is 15.0. The third kappa shape index (κ3) is 4.46. The molecule has 0 radical (unpaired) electrons. The molecule has 0 aliphatic rings. The van der Waals surface area contributed by atoms with E-state index in [0.29, 0.717) is 10.5 Å². The molecule has 0 aliphatic carbocycles.